The third-order valence-electron chi connectivity index (χ3n) is 5.95. The molecule has 2 aromatic carbocycles. The van der Waals surface area contributed by atoms with Crippen LogP contribution < -0.4 is 30.5 Å². The van der Waals surface area contributed by atoms with Crippen LogP contribution in [0.25, 0.3) is 0 Å². The number of fused-ring (bicyclic) bond motifs is 1. The molecule has 4 rings (SSSR count). The number of hydrogen-bond acceptors (Lipinski definition) is 8. The molecule has 0 spiro atoms. The van der Waals surface area contributed by atoms with Crippen LogP contribution in [-0.4, -0.2) is 49.1 Å². The fraction of sp³-hybridized carbons (Fsp3) is 0.375. The number of ether oxygens (including phenoxy) is 2. The summed E-state index contributed by atoms with van der Waals surface area (Å²) in [5, 5.41) is 12.4. The number of amides is 1. The average molecular weight is 483 g/mol. The minimum absolute atomic E-state index is 0.0639. The highest BCUT2D eigenvalue weighted by Crippen LogP contribution is 2.33. The van der Waals surface area contributed by atoms with E-state index in [2.05, 4.69) is 35.2 Å². The Morgan fingerprint density at radius 2 is 1.94 bits per heavy atom. The van der Waals surface area contributed by atoms with E-state index in [4.69, 9.17) is 19.9 Å². The number of benzene rings is 2. The van der Waals surface area contributed by atoms with Gasteiger partial charge in [0.25, 0.3) is 0 Å². The van der Waals surface area contributed by atoms with Crippen LogP contribution in [0.1, 0.15) is 19.4 Å². The minimum atomic E-state index is -0.252. The van der Waals surface area contributed by atoms with Crippen molar-refractivity contribution in [2.75, 3.05) is 30.2 Å². The number of hydrazine groups is 1. The number of hydrogen-bond donors (Lipinski definition) is 4. The summed E-state index contributed by atoms with van der Waals surface area (Å²) in [7, 11) is 3.12. The molecule has 0 aliphatic carbocycles. The summed E-state index contributed by atoms with van der Waals surface area (Å²) in [5.74, 6) is 1.43. The van der Waals surface area contributed by atoms with Gasteiger partial charge in [0.2, 0.25) is 5.91 Å². The van der Waals surface area contributed by atoms with E-state index in [9.17, 15) is 4.79 Å². The van der Waals surface area contributed by atoms with Crippen molar-refractivity contribution in [2.24, 2.45) is 10.9 Å². The van der Waals surface area contributed by atoms with E-state index >= 15 is 0 Å². The average Bonchev–Trinajstić information content (AvgIpc) is 3.23. The van der Waals surface area contributed by atoms with Crippen molar-refractivity contribution in [3.05, 3.63) is 48.0 Å². The lowest BCUT2D eigenvalue weighted by Crippen LogP contribution is -2.50. The quantitative estimate of drug-likeness (QED) is 0.479. The first-order valence-electron chi connectivity index (χ1n) is 11.2. The topological polar surface area (TPSA) is 111 Å². The molecule has 180 valence electrons. The molecule has 34 heavy (non-hydrogen) atoms. The number of amidine groups is 2. The van der Waals surface area contributed by atoms with Crippen LogP contribution in [-0.2, 0) is 11.2 Å². The Hall–Kier alpha value is -3.08. The number of anilines is 2. The number of nitrogens with zero attached hydrogens (tertiary/aromatic N) is 2. The van der Waals surface area contributed by atoms with Crippen LogP contribution in [0.15, 0.2) is 47.5 Å². The summed E-state index contributed by atoms with van der Waals surface area (Å²) in [6, 6.07) is 13.4. The van der Waals surface area contributed by atoms with E-state index in [1.54, 1.807) is 32.4 Å². The smallest absolute Gasteiger partial charge is 0.234 e. The fourth-order valence-electron chi connectivity index (χ4n) is 4.06. The molecule has 1 amide bonds. The van der Waals surface area contributed by atoms with Gasteiger partial charge >= 0.3 is 0 Å². The Morgan fingerprint density at radius 1 is 1.18 bits per heavy atom. The molecule has 0 bridgehead atoms. The first kappa shape index (κ1) is 24.1. The van der Waals surface area contributed by atoms with E-state index in [0.29, 0.717) is 28.2 Å². The molecule has 10 heteroatoms. The van der Waals surface area contributed by atoms with Gasteiger partial charge in [-0.3, -0.25) is 20.5 Å². The Bertz CT molecular complexity index is 1090. The van der Waals surface area contributed by atoms with Crippen molar-refractivity contribution in [3.8, 4) is 11.5 Å². The Kier molecular flexibility index (Phi) is 7.40. The third kappa shape index (κ3) is 4.89. The molecule has 4 N–H and O–H groups in total. The van der Waals surface area contributed by atoms with Gasteiger partial charge in [-0.25, -0.2) is 10.4 Å². The summed E-state index contributed by atoms with van der Waals surface area (Å²) >= 11 is 1.30. The molecular formula is C24H30N6O3S. The van der Waals surface area contributed by atoms with Gasteiger partial charge in [0, 0.05) is 17.8 Å². The number of aliphatic imine (C=N–C) groups is 1. The first-order chi connectivity index (χ1) is 16.4. The number of rotatable bonds is 7. The van der Waals surface area contributed by atoms with Crippen molar-refractivity contribution in [1.29, 1.82) is 5.41 Å². The van der Waals surface area contributed by atoms with Crippen LogP contribution in [0.2, 0.25) is 0 Å². The second-order valence-corrected chi connectivity index (χ2v) is 9.05. The molecule has 0 radical (unpaired) electrons. The fourth-order valence-corrected chi connectivity index (χ4v) is 4.91. The predicted octanol–water partition coefficient (Wildman–Crippen LogP) is 3.23. The predicted molar refractivity (Wildman–Crippen MR) is 137 cm³/mol. The van der Waals surface area contributed by atoms with Crippen molar-refractivity contribution in [3.63, 3.8) is 0 Å². The summed E-state index contributed by atoms with van der Waals surface area (Å²) in [6.45, 7) is 4.14. The molecule has 9 nitrogen and oxygen atoms in total. The number of carbonyl (C=O) groups is 1. The van der Waals surface area contributed by atoms with Gasteiger partial charge in [0.15, 0.2) is 5.17 Å². The number of methoxy groups -OCH3 is 2. The normalized spacial score (nSPS) is 21.6. The zero-order valence-corrected chi connectivity index (χ0v) is 20.5. The van der Waals surface area contributed by atoms with E-state index in [1.807, 2.05) is 24.0 Å². The molecule has 3 unspecified atom stereocenters. The molecule has 2 aromatic rings. The summed E-state index contributed by atoms with van der Waals surface area (Å²) in [5.41, 5.74) is 8.97. The molecule has 0 saturated carbocycles. The second-order valence-electron chi connectivity index (χ2n) is 8.10. The van der Waals surface area contributed by atoms with Gasteiger partial charge in [-0.05, 0) is 43.2 Å². The number of aryl methyl sites for hydroxylation is 1. The van der Waals surface area contributed by atoms with Crippen molar-refractivity contribution >= 4 is 40.0 Å². The molecule has 2 aliphatic rings. The zero-order chi connectivity index (χ0) is 24.2. The van der Waals surface area contributed by atoms with Crippen LogP contribution in [0.5, 0.6) is 11.5 Å². The van der Waals surface area contributed by atoms with Gasteiger partial charge in [0.1, 0.15) is 23.5 Å². The largest absolute Gasteiger partial charge is 0.497 e. The van der Waals surface area contributed by atoms with Crippen LogP contribution in [0.4, 0.5) is 11.4 Å². The maximum Gasteiger partial charge on any atom is 0.234 e. The highest BCUT2D eigenvalue weighted by atomic mass is 32.2. The van der Waals surface area contributed by atoms with E-state index in [1.165, 1.54) is 17.3 Å². The van der Waals surface area contributed by atoms with Gasteiger partial charge < -0.3 is 14.8 Å². The maximum absolute atomic E-state index is 12.8. The van der Waals surface area contributed by atoms with Crippen molar-refractivity contribution < 1.29 is 14.3 Å². The Labute approximate surface area is 203 Å². The van der Waals surface area contributed by atoms with Crippen LogP contribution >= 0.6 is 11.8 Å². The SMILES string of the molecule is CCc1ccc(N2C(=N)C3C(C)NNC3N=C2SCC(=O)Nc2cc(OC)ccc2OC)cc1. The molecule has 1 fully saturated rings. The number of carbonyl (C=O) groups excluding carboxylic acids is 1. The zero-order valence-electron chi connectivity index (χ0n) is 19.7. The molecule has 3 atom stereocenters. The highest BCUT2D eigenvalue weighted by molar-refractivity contribution is 8.14. The van der Waals surface area contributed by atoms with Gasteiger partial charge in [-0.2, -0.15) is 0 Å². The summed E-state index contributed by atoms with van der Waals surface area (Å²) < 4.78 is 10.6. The van der Waals surface area contributed by atoms with E-state index in [-0.39, 0.29) is 29.8 Å². The minimum Gasteiger partial charge on any atom is -0.497 e. The summed E-state index contributed by atoms with van der Waals surface area (Å²) in [6.07, 6.45) is 0.689. The number of nitrogens with one attached hydrogen (secondary N) is 4. The molecule has 2 aliphatic heterocycles. The molecule has 2 heterocycles. The molecule has 1 saturated heterocycles. The maximum atomic E-state index is 12.8. The molecule has 0 aromatic heterocycles. The van der Waals surface area contributed by atoms with Crippen molar-refractivity contribution in [1.82, 2.24) is 10.9 Å². The van der Waals surface area contributed by atoms with Crippen LogP contribution in [0, 0.1) is 11.3 Å². The Morgan fingerprint density at radius 3 is 2.62 bits per heavy atom. The lowest BCUT2D eigenvalue weighted by atomic mass is 9.97. The highest BCUT2D eigenvalue weighted by Gasteiger charge is 2.43. The van der Waals surface area contributed by atoms with Crippen LogP contribution in [0.3, 0.4) is 0 Å². The molecular weight excluding hydrogens is 452 g/mol. The summed E-state index contributed by atoms with van der Waals surface area (Å²) in [4.78, 5) is 19.5. The second kappa shape index (κ2) is 10.5. The standard InChI is InChI=1S/C24H30N6O3S/c1-5-15-6-8-16(9-7-15)30-22(25)21-14(2)28-29-23(21)27-24(30)34-13-20(31)26-18-12-17(32-3)10-11-19(18)33-4/h6-12,14,21,23,25,28-29H,5,13H2,1-4H3,(H,26,31). The van der Waals surface area contributed by atoms with Crippen molar-refractivity contribution in [2.45, 2.75) is 32.5 Å². The third-order valence-corrected chi connectivity index (χ3v) is 6.90. The van der Waals surface area contributed by atoms with E-state index < -0.39 is 0 Å². The number of thioether (sulfide) groups is 1. The Balaban J connectivity index is 1.54. The van der Waals surface area contributed by atoms with Gasteiger partial charge in [-0.1, -0.05) is 30.8 Å². The lowest BCUT2D eigenvalue weighted by molar-refractivity contribution is -0.113. The monoisotopic (exact) mass is 482 g/mol. The van der Waals surface area contributed by atoms with E-state index in [0.717, 1.165) is 12.1 Å². The van der Waals surface area contributed by atoms with Gasteiger partial charge in [0.05, 0.1) is 31.6 Å². The lowest BCUT2D eigenvalue weighted by Gasteiger charge is -2.36. The first-order valence-corrected chi connectivity index (χ1v) is 12.1. The van der Waals surface area contributed by atoms with Gasteiger partial charge in [-0.15, -0.1) is 0 Å².